The summed E-state index contributed by atoms with van der Waals surface area (Å²) in [6, 6.07) is 0. The molecule has 1 N–H and O–H groups in total. The number of piperidine rings is 1. The SMILES string of the molecule is CCCc1cnc(C)nc1N1CCC2(CCc3c2nc(N2CCOCC2)[nH]c3=O)CC1. The first-order valence-electron chi connectivity index (χ1n) is 11.6. The molecule has 2 saturated heterocycles. The van der Waals surface area contributed by atoms with Gasteiger partial charge in [0.25, 0.3) is 5.56 Å². The summed E-state index contributed by atoms with van der Waals surface area (Å²) in [7, 11) is 0. The number of aromatic amines is 1. The van der Waals surface area contributed by atoms with E-state index in [-0.39, 0.29) is 11.0 Å². The highest BCUT2D eigenvalue weighted by molar-refractivity contribution is 5.48. The number of nitrogens with zero attached hydrogens (tertiary/aromatic N) is 5. The van der Waals surface area contributed by atoms with Crippen molar-refractivity contribution in [3.63, 3.8) is 0 Å². The van der Waals surface area contributed by atoms with Crippen LogP contribution < -0.4 is 15.4 Å². The largest absolute Gasteiger partial charge is 0.378 e. The maximum atomic E-state index is 12.9. The summed E-state index contributed by atoms with van der Waals surface area (Å²) >= 11 is 0. The van der Waals surface area contributed by atoms with Gasteiger partial charge in [0.1, 0.15) is 11.6 Å². The van der Waals surface area contributed by atoms with Crippen LogP contribution in [0, 0.1) is 6.92 Å². The summed E-state index contributed by atoms with van der Waals surface area (Å²) in [5, 5.41) is 0. The molecular formula is C23H32N6O2. The second kappa shape index (κ2) is 8.22. The maximum absolute atomic E-state index is 12.9. The van der Waals surface area contributed by atoms with Crippen LogP contribution in [0.5, 0.6) is 0 Å². The third-order valence-electron chi connectivity index (χ3n) is 7.17. The van der Waals surface area contributed by atoms with Gasteiger partial charge in [0.05, 0.1) is 18.9 Å². The minimum Gasteiger partial charge on any atom is -0.378 e. The summed E-state index contributed by atoms with van der Waals surface area (Å²) in [5.41, 5.74) is 3.23. The predicted octanol–water partition coefficient (Wildman–Crippen LogP) is 2.14. The predicted molar refractivity (Wildman–Crippen MR) is 120 cm³/mol. The molecule has 0 amide bonds. The van der Waals surface area contributed by atoms with E-state index < -0.39 is 0 Å². The zero-order valence-corrected chi connectivity index (χ0v) is 18.6. The average molecular weight is 425 g/mol. The van der Waals surface area contributed by atoms with Crippen molar-refractivity contribution in [1.29, 1.82) is 0 Å². The van der Waals surface area contributed by atoms with E-state index in [2.05, 4.69) is 26.7 Å². The Hall–Kier alpha value is -2.48. The first-order valence-corrected chi connectivity index (χ1v) is 11.6. The summed E-state index contributed by atoms with van der Waals surface area (Å²) in [4.78, 5) is 34.7. The number of rotatable bonds is 4. The normalized spacial score (nSPS) is 20.3. The van der Waals surface area contributed by atoms with Gasteiger partial charge in [-0.3, -0.25) is 9.78 Å². The van der Waals surface area contributed by atoms with E-state index in [1.54, 1.807) is 0 Å². The molecule has 2 aliphatic heterocycles. The van der Waals surface area contributed by atoms with Crippen molar-refractivity contribution in [3.8, 4) is 0 Å². The van der Waals surface area contributed by atoms with Crippen LogP contribution in [0.1, 0.15) is 55.3 Å². The Morgan fingerprint density at radius 3 is 2.61 bits per heavy atom. The standard InChI is InChI=1S/C23H32N6O2/c1-3-4-17-15-24-16(2)25-20(17)28-9-7-23(8-10-28)6-5-18-19(23)26-22(27-21(18)30)29-11-13-31-14-12-29/h15H,3-14H2,1-2H3,(H,26,27,30). The van der Waals surface area contributed by atoms with Gasteiger partial charge >= 0.3 is 0 Å². The lowest BCUT2D eigenvalue weighted by Gasteiger charge is -2.40. The lowest BCUT2D eigenvalue weighted by Crippen LogP contribution is -2.44. The number of fused-ring (bicyclic) bond motifs is 2. The van der Waals surface area contributed by atoms with Crippen molar-refractivity contribution in [2.75, 3.05) is 49.2 Å². The Kier molecular flexibility index (Phi) is 5.42. The number of H-pyrrole nitrogens is 1. The van der Waals surface area contributed by atoms with Crippen LogP contribution >= 0.6 is 0 Å². The highest BCUT2D eigenvalue weighted by Gasteiger charge is 2.44. The molecule has 2 aromatic heterocycles. The van der Waals surface area contributed by atoms with E-state index in [1.807, 2.05) is 13.1 Å². The van der Waals surface area contributed by atoms with Crippen molar-refractivity contribution < 1.29 is 4.74 Å². The molecule has 166 valence electrons. The fraction of sp³-hybridized carbons (Fsp3) is 0.652. The number of anilines is 2. The smallest absolute Gasteiger partial charge is 0.255 e. The molecule has 0 radical (unpaired) electrons. The van der Waals surface area contributed by atoms with Gasteiger partial charge in [-0.2, -0.15) is 0 Å². The van der Waals surface area contributed by atoms with Gasteiger partial charge in [-0.1, -0.05) is 13.3 Å². The molecule has 0 unspecified atom stereocenters. The molecule has 1 spiro atoms. The zero-order valence-electron chi connectivity index (χ0n) is 18.6. The van der Waals surface area contributed by atoms with Crippen LogP contribution in [0.3, 0.4) is 0 Å². The fourth-order valence-corrected chi connectivity index (χ4v) is 5.40. The lowest BCUT2D eigenvalue weighted by atomic mass is 9.76. The third kappa shape index (κ3) is 3.71. The molecule has 0 atom stereocenters. The topological polar surface area (TPSA) is 87.2 Å². The first-order chi connectivity index (χ1) is 15.1. The Labute approximate surface area is 183 Å². The molecule has 2 aromatic rings. The second-order valence-corrected chi connectivity index (χ2v) is 9.10. The van der Waals surface area contributed by atoms with E-state index in [1.165, 1.54) is 5.56 Å². The summed E-state index contributed by atoms with van der Waals surface area (Å²) in [6.45, 7) is 8.94. The number of hydrogen-bond donors (Lipinski definition) is 1. The van der Waals surface area contributed by atoms with Crippen molar-refractivity contribution in [2.24, 2.45) is 0 Å². The van der Waals surface area contributed by atoms with Crippen molar-refractivity contribution in [1.82, 2.24) is 19.9 Å². The molecule has 0 bridgehead atoms. The van der Waals surface area contributed by atoms with Crippen LogP contribution in [-0.4, -0.2) is 59.3 Å². The lowest BCUT2D eigenvalue weighted by molar-refractivity contribution is 0.122. The second-order valence-electron chi connectivity index (χ2n) is 9.10. The molecule has 0 saturated carbocycles. The van der Waals surface area contributed by atoms with Crippen molar-refractivity contribution in [3.05, 3.63) is 39.2 Å². The van der Waals surface area contributed by atoms with Crippen LogP contribution in [0.25, 0.3) is 0 Å². The number of aryl methyl sites for hydroxylation is 2. The highest BCUT2D eigenvalue weighted by Crippen LogP contribution is 2.45. The zero-order chi connectivity index (χ0) is 21.4. The Morgan fingerprint density at radius 1 is 1.10 bits per heavy atom. The van der Waals surface area contributed by atoms with Crippen LogP contribution in [0.15, 0.2) is 11.0 Å². The first kappa shape index (κ1) is 20.4. The van der Waals surface area contributed by atoms with Crippen LogP contribution in [0.4, 0.5) is 11.8 Å². The average Bonchev–Trinajstić information content (AvgIpc) is 3.15. The van der Waals surface area contributed by atoms with Crippen molar-refractivity contribution in [2.45, 2.75) is 57.8 Å². The van der Waals surface area contributed by atoms with Gasteiger partial charge in [-0.25, -0.2) is 15.0 Å². The van der Waals surface area contributed by atoms with E-state index >= 15 is 0 Å². The van der Waals surface area contributed by atoms with Gasteiger partial charge in [0.15, 0.2) is 0 Å². The molecule has 8 nitrogen and oxygen atoms in total. The molecule has 8 heteroatoms. The molecule has 4 heterocycles. The third-order valence-corrected chi connectivity index (χ3v) is 7.17. The quantitative estimate of drug-likeness (QED) is 0.805. The molecular weight excluding hydrogens is 392 g/mol. The Bertz CT molecular complexity index is 1010. The Balaban J connectivity index is 1.40. The van der Waals surface area contributed by atoms with E-state index in [4.69, 9.17) is 14.7 Å². The summed E-state index contributed by atoms with van der Waals surface area (Å²) < 4.78 is 5.47. The summed E-state index contributed by atoms with van der Waals surface area (Å²) in [6.07, 6.45) is 7.94. The van der Waals surface area contributed by atoms with Gasteiger partial charge in [-0.05, 0) is 39.0 Å². The molecule has 5 rings (SSSR count). The maximum Gasteiger partial charge on any atom is 0.255 e. The fourth-order valence-electron chi connectivity index (χ4n) is 5.40. The van der Waals surface area contributed by atoms with E-state index in [0.717, 1.165) is 87.6 Å². The van der Waals surface area contributed by atoms with E-state index in [9.17, 15) is 4.79 Å². The minimum absolute atomic E-state index is 0.00806. The molecule has 0 aromatic carbocycles. The van der Waals surface area contributed by atoms with Gasteiger partial charge in [0.2, 0.25) is 5.95 Å². The number of hydrogen-bond acceptors (Lipinski definition) is 7. The van der Waals surface area contributed by atoms with Crippen LogP contribution in [-0.2, 0) is 23.0 Å². The monoisotopic (exact) mass is 424 g/mol. The number of nitrogens with one attached hydrogen (secondary N) is 1. The number of aromatic nitrogens is 4. The minimum atomic E-state index is 0.00806. The molecule has 1 aliphatic carbocycles. The number of ether oxygens (including phenoxy) is 1. The summed E-state index contributed by atoms with van der Waals surface area (Å²) in [5.74, 6) is 2.63. The van der Waals surface area contributed by atoms with E-state index in [0.29, 0.717) is 19.2 Å². The van der Waals surface area contributed by atoms with Gasteiger partial charge in [-0.15, -0.1) is 0 Å². The van der Waals surface area contributed by atoms with Gasteiger partial charge in [0, 0.05) is 48.9 Å². The Morgan fingerprint density at radius 2 is 1.87 bits per heavy atom. The molecule has 31 heavy (non-hydrogen) atoms. The molecule has 3 aliphatic rings. The van der Waals surface area contributed by atoms with Gasteiger partial charge < -0.3 is 14.5 Å². The van der Waals surface area contributed by atoms with Crippen LogP contribution in [0.2, 0.25) is 0 Å². The highest BCUT2D eigenvalue weighted by atomic mass is 16.5. The number of morpholine rings is 1. The molecule has 2 fully saturated rings. The van der Waals surface area contributed by atoms with Crippen molar-refractivity contribution >= 4 is 11.8 Å².